The molecule has 0 unspecified atom stereocenters. The molecule has 0 bridgehead atoms. The summed E-state index contributed by atoms with van der Waals surface area (Å²) in [6, 6.07) is 5.44. The monoisotopic (exact) mass is 369 g/mol. The lowest BCUT2D eigenvalue weighted by atomic mass is 10.2. The van der Waals surface area contributed by atoms with Crippen molar-refractivity contribution in [3.05, 3.63) is 52.6 Å². The van der Waals surface area contributed by atoms with Crippen molar-refractivity contribution in [2.45, 2.75) is 38.3 Å². The molecule has 0 saturated heterocycles. The van der Waals surface area contributed by atoms with Crippen LogP contribution in [-0.4, -0.2) is 32.0 Å². The molecule has 1 fully saturated rings. The standard InChI is InChI=1S/C18H19N5O2S/c24-18(13-5-6-17(19-9-13)25-16-3-1-2-4-16)20-10-14-11-23(22-21-14)15-7-8-26-12-15/h5-9,11-12,16H,1-4,10H2,(H,20,24). The van der Waals surface area contributed by atoms with Crippen LogP contribution in [0.2, 0.25) is 0 Å². The van der Waals surface area contributed by atoms with Crippen LogP contribution in [0.3, 0.4) is 0 Å². The number of hydrogen-bond donors (Lipinski definition) is 1. The second kappa shape index (κ2) is 7.65. The Bertz CT molecular complexity index is 854. The maximum absolute atomic E-state index is 12.3. The highest BCUT2D eigenvalue weighted by Crippen LogP contribution is 2.22. The van der Waals surface area contributed by atoms with Gasteiger partial charge in [-0.05, 0) is 43.2 Å². The van der Waals surface area contributed by atoms with Crippen molar-refractivity contribution in [3.63, 3.8) is 0 Å². The van der Waals surface area contributed by atoms with E-state index in [0.29, 0.717) is 23.7 Å². The van der Waals surface area contributed by atoms with Gasteiger partial charge in [-0.25, -0.2) is 9.67 Å². The number of carbonyl (C=O) groups excluding carboxylic acids is 1. The fourth-order valence-corrected chi connectivity index (χ4v) is 3.55. The first-order valence-electron chi connectivity index (χ1n) is 8.62. The molecule has 4 rings (SSSR count). The van der Waals surface area contributed by atoms with Crippen LogP contribution in [0.25, 0.3) is 5.69 Å². The second-order valence-corrected chi connectivity index (χ2v) is 7.01. The van der Waals surface area contributed by atoms with Crippen LogP contribution in [0.15, 0.2) is 41.4 Å². The lowest BCUT2D eigenvalue weighted by molar-refractivity contribution is 0.0950. The SMILES string of the molecule is O=C(NCc1cn(-c2ccsc2)nn1)c1ccc(OC2CCCC2)nc1. The Labute approximate surface area is 155 Å². The van der Waals surface area contributed by atoms with Gasteiger partial charge in [0.1, 0.15) is 11.8 Å². The number of nitrogens with zero attached hydrogens (tertiary/aromatic N) is 4. The van der Waals surface area contributed by atoms with Crippen LogP contribution in [0.4, 0.5) is 0 Å². The molecule has 8 heteroatoms. The first-order chi connectivity index (χ1) is 12.8. The average molecular weight is 369 g/mol. The number of thiophene rings is 1. The smallest absolute Gasteiger partial charge is 0.253 e. The number of ether oxygens (including phenoxy) is 1. The van der Waals surface area contributed by atoms with Crippen molar-refractivity contribution in [2.24, 2.45) is 0 Å². The maximum Gasteiger partial charge on any atom is 0.253 e. The van der Waals surface area contributed by atoms with E-state index in [0.717, 1.165) is 18.5 Å². The minimum Gasteiger partial charge on any atom is -0.474 e. The number of nitrogens with one attached hydrogen (secondary N) is 1. The van der Waals surface area contributed by atoms with Crippen molar-refractivity contribution in [3.8, 4) is 11.6 Å². The number of rotatable bonds is 6. The van der Waals surface area contributed by atoms with E-state index >= 15 is 0 Å². The van der Waals surface area contributed by atoms with Crippen LogP contribution in [0.5, 0.6) is 5.88 Å². The summed E-state index contributed by atoms with van der Waals surface area (Å²) in [7, 11) is 0. The highest BCUT2D eigenvalue weighted by molar-refractivity contribution is 7.08. The quantitative estimate of drug-likeness (QED) is 0.722. The topological polar surface area (TPSA) is 81.9 Å². The Hall–Kier alpha value is -2.74. The van der Waals surface area contributed by atoms with Crippen LogP contribution in [0, 0.1) is 0 Å². The summed E-state index contributed by atoms with van der Waals surface area (Å²) >= 11 is 1.59. The highest BCUT2D eigenvalue weighted by Gasteiger charge is 2.17. The van der Waals surface area contributed by atoms with Gasteiger partial charge in [0.15, 0.2) is 0 Å². The van der Waals surface area contributed by atoms with E-state index in [1.54, 1.807) is 40.5 Å². The molecule has 0 aromatic carbocycles. The maximum atomic E-state index is 12.3. The molecule has 1 N–H and O–H groups in total. The van der Waals surface area contributed by atoms with Gasteiger partial charge in [0.2, 0.25) is 5.88 Å². The molecular weight excluding hydrogens is 350 g/mol. The molecule has 0 spiro atoms. The number of pyridine rings is 1. The molecular formula is C18H19N5O2S. The molecule has 26 heavy (non-hydrogen) atoms. The fourth-order valence-electron chi connectivity index (χ4n) is 2.93. The molecule has 134 valence electrons. The summed E-state index contributed by atoms with van der Waals surface area (Å²) in [4.78, 5) is 16.5. The Kier molecular flexibility index (Phi) is 4.92. The zero-order chi connectivity index (χ0) is 17.8. The molecule has 1 amide bonds. The lowest BCUT2D eigenvalue weighted by Crippen LogP contribution is -2.23. The van der Waals surface area contributed by atoms with Crippen molar-refractivity contribution < 1.29 is 9.53 Å². The predicted octanol–water partition coefficient (Wildman–Crippen LogP) is 2.98. The van der Waals surface area contributed by atoms with E-state index < -0.39 is 0 Å². The number of carbonyl (C=O) groups is 1. The Morgan fingerprint density at radius 2 is 2.19 bits per heavy atom. The third-order valence-corrected chi connectivity index (χ3v) is 5.00. The van der Waals surface area contributed by atoms with Gasteiger partial charge < -0.3 is 10.1 Å². The Morgan fingerprint density at radius 3 is 2.92 bits per heavy atom. The van der Waals surface area contributed by atoms with Crippen LogP contribution in [-0.2, 0) is 6.54 Å². The fraction of sp³-hybridized carbons (Fsp3) is 0.333. The first-order valence-corrected chi connectivity index (χ1v) is 9.57. The zero-order valence-electron chi connectivity index (χ0n) is 14.2. The molecule has 1 aliphatic rings. The van der Waals surface area contributed by atoms with Gasteiger partial charge in [-0.1, -0.05) is 5.21 Å². The summed E-state index contributed by atoms with van der Waals surface area (Å²) in [5.41, 5.74) is 2.15. The minimum absolute atomic E-state index is 0.199. The van der Waals surface area contributed by atoms with Gasteiger partial charge in [-0.3, -0.25) is 4.79 Å². The predicted molar refractivity (Wildman–Crippen MR) is 97.5 cm³/mol. The van der Waals surface area contributed by atoms with Crippen molar-refractivity contribution in [1.82, 2.24) is 25.3 Å². The van der Waals surface area contributed by atoms with Crippen LogP contribution in [0.1, 0.15) is 41.7 Å². The van der Waals surface area contributed by atoms with E-state index in [1.807, 2.05) is 16.8 Å². The first kappa shape index (κ1) is 16.7. The molecule has 0 atom stereocenters. The van der Waals surface area contributed by atoms with Gasteiger partial charge >= 0.3 is 0 Å². The summed E-state index contributed by atoms with van der Waals surface area (Å²) < 4.78 is 7.50. The molecule has 3 aromatic rings. The third kappa shape index (κ3) is 3.91. The van der Waals surface area contributed by atoms with Gasteiger partial charge in [0.05, 0.1) is 24.0 Å². The van der Waals surface area contributed by atoms with Gasteiger partial charge in [0, 0.05) is 17.6 Å². The normalized spacial score (nSPS) is 14.5. The number of amides is 1. The van der Waals surface area contributed by atoms with Crippen LogP contribution >= 0.6 is 11.3 Å². The summed E-state index contributed by atoms with van der Waals surface area (Å²) in [5, 5.41) is 14.9. The zero-order valence-corrected chi connectivity index (χ0v) is 15.0. The number of aromatic nitrogens is 4. The van der Waals surface area contributed by atoms with Crippen molar-refractivity contribution in [2.75, 3.05) is 0 Å². The van der Waals surface area contributed by atoms with Gasteiger partial charge in [-0.2, -0.15) is 11.3 Å². The van der Waals surface area contributed by atoms with E-state index in [2.05, 4.69) is 20.6 Å². The summed E-state index contributed by atoms with van der Waals surface area (Å²) in [6.07, 6.45) is 8.19. The van der Waals surface area contributed by atoms with E-state index in [-0.39, 0.29) is 12.0 Å². The Balaban J connectivity index is 1.31. The summed E-state index contributed by atoms with van der Waals surface area (Å²) in [6.45, 7) is 0.309. The lowest BCUT2D eigenvalue weighted by Gasteiger charge is -2.12. The van der Waals surface area contributed by atoms with Gasteiger partial charge in [-0.15, -0.1) is 5.10 Å². The molecule has 3 aromatic heterocycles. The average Bonchev–Trinajstić information content (AvgIpc) is 3.41. The third-order valence-electron chi connectivity index (χ3n) is 4.33. The molecule has 0 radical (unpaired) electrons. The highest BCUT2D eigenvalue weighted by atomic mass is 32.1. The van der Waals surface area contributed by atoms with Crippen LogP contribution < -0.4 is 10.1 Å². The second-order valence-electron chi connectivity index (χ2n) is 6.23. The van der Waals surface area contributed by atoms with E-state index in [4.69, 9.17) is 4.74 Å². The van der Waals surface area contributed by atoms with E-state index in [9.17, 15) is 4.79 Å². The molecule has 0 aliphatic heterocycles. The molecule has 3 heterocycles. The van der Waals surface area contributed by atoms with E-state index in [1.165, 1.54) is 12.8 Å². The van der Waals surface area contributed by atoms with Crippen molar-refractivity contribution in [1.29, 1.82) is 0 Å². The molecule has 1 aliphatic carbocycles. The molecule has 1 saturated carbocycles. The largest absolute Gasteiger partial charge is 0.474 e. The van der Waals surface area contributed by atoms with Gasteiger partial charge in [0.25, 0.3) is 5.91 Å². The Morgan fingerprint density at radius 1 is 1.31 bits per heavy atom. The molecule has 7 nitrogen and oxygen atoms in total. The minimum atomic E-state index is -0.199. The summed E-state index contributed by atoms with van der Waals surface area (Å²) in [5.74, 6) is 0.377. The van der Waals surface area contributed by atoms with Crippen molar-refractivity contribution >= 4 is 17.2 Å². The number of hydrogen-bond acceptors (Lipinski definition) is 6.